The summed E-state index contributed by atoms with van der Waals surface area (Å²) in [6, 6.07) is 14.5. The number of carbonyl (C=O) groups excluding carboxylic acids is 3. The van der Waals surface area contributed by atoms with Gasteiger partial charge in [-0.25, -0.2) is 4.39 Å². The van der Waals surface area contributed by atoms with Crippen molar-refractivity contribution < 1.29 is 18.8 Å². The van der Waals surface area contributed by atoms with E-state index in [0.29, 0.717) is 6.42 Å². The van der Waals surface area contributed by atoms with E-state index < -0.39 is 30.3 Å². The summed E-state index contributed by atoms with van der Waals surface area (Å²) in [5, 5.41) is 4.59. The summed E-state index contributed by atoms with van der Waals surface area (Å²) in [6.07, 6.45) is 0.298. The number of para-hydroxylation sites is 2. The number of hydrogen-bond donors (Lipinski definition) is 1. The lowest BCUT2D eigenvalue weighted by Gasteiger charge is -2.23. The standard InChI is InChI=1S/C24H27FN2O3/c1-4-19(22(28)14-25)26-24(30)18(15(2)3)13-23(29)27-20-11-7-5-9-16(20)17-10-6-8-12-21(17)27/h5-12,15,18-19H,4,13-14H2,1-3H3,(H,26,30). The summed E-state index contributed by atoms with van der Waals surface area (Å²) in [7, 11) is 0. The molecular formula is C24H27FN2O3. The molecule has 0 spiro atoms. The molecule has 0 saturated heterocycles. The molecule has 5 nitrogen and oxygen atoms in total. The van der Waals surface area contributed by atoms with Gasteiger partial charge in [0.1, 0.15) is 6.67 Å². The zero-order valence-electron chi connectivity index (χ0n) is 17.5. The molecule has 0 bridgehead atoms. The summed E-state index contributed by atoms with van der Waals surface area (Å²) in [6.45, 7) is 4.32. The van der Waals surface area contributed by atoms with E-state index in [1.54, 1.807) is 11.5 Å². The molecule has 0 aliphatic carbocycles. The average Bonchev–Trinajstić information content (AvgIpc) is 3.09. The summed E-state index contributed by atoms with van der Waals surface area (Å²) >= 11 is 0. The average molecular weight is 410 g/mol. The quantitative estimate of drug-likeness (QED) is 0.593. The fourth-order valence-corrected chi connectivity index (χ4v) is 3.88. The third kappa shape index (κ3) is 4.13. The molecule has 1 heterocycles. The first kappa shape index (κ1) is 21.7. The molecule has 0 radical (unpaired) electrons. The van der Waals surface area contributed by atoms with Crippen LogP contribution in [0.25, 0.3) is 21.8 Å². The number of aromatic nitrogens is 1. The van der Waals surface area contributed by atoms with Gasteiger partial charge in [0.05, 0.1) is 17.1 Å². The smallest absolute Gasteiger partial charge is 0.232 e. The molecule has 0 aliphatic heterocycles. The zero-order valence-corrected chi connectivity index (χ0v) is 17.5. The summed E-state index contributed by atoms with van der Waals surface area (Å²) in [5.41, 5.74) is 1.59. The molecule has 1 N–H and O–H groups in total. The number of benzene rings is 2. The molecule has 2 atom stereocenters. The Balaban J connectivity index is 1.92. The van der Waals surface area contributed by atoms with E-state index in [2.05, 4.69) is 5.32 Å². The number of carbonyl (C=O) groups is 3. The minimum absolute atomic E-state index is 0.00752. The van der Waals surface area contributed by atoms with E-state index in [1.807, 2.05) is 62.4 Å². The van der Waals surface area contributed by atoms with Gasteiger partial charge in [0.25, 0.3) is 0 Å². The predicted molar refractivity (Wildman–Crippen MR) is 116 cm³/mol. The lowest BCUT2D eigenvalue weighted by Crippen LogP contribution is -2.45. The van der Waals surface area contributed by atoms with Crippen LogP contribution >= 0.6 is 0 Å². The lowest BCUT2D eigenvalue weighted by atomic mass is 9.90. The first-order valence-corrected chi connectivity index (χ1v) is 10.3. The van der Waals surface area contributed by atoms with Gasteiger partial charge in [0.15, 0.2) is 5.78 Å². The topological polar surface area (TPSA) is 68.2 Å². The van der Waals surface area contributed by atoms with Crippen molar-refractivity contribution in [2.75, 3.05) is 6.67 Å². The van der Waals surface area contributed by atoms with Crippen LogP contribution in [0.1, 0.15) is 38.4 Å². The van der Waals surface area contributed by atoms with Crippen LogP contribution in [-0.4, -0.2) is 34.9 Å². The van der Waals surface area contributed by atoms with Gasteiger partial charge in [-0.15, -0.1) is 0 Å². The van der Waals surface area contributed by atoms with Crippen molar-refractivity contribution in [3.63, 3.8) is 0 Å². The number of hydrogen-bond acceptors (Lipinski definition) is 3. The number of halogens is 1. The Labute approximate surface area is 175 Å². The Morgan fingerprint density at radius 1 is 0.967 bits per heavy atom. The summed E-state index contributed by atoms with van der Waals surface area (Å²) in [4.78, 5) is 37.9. The molecule has 2 aromatic carbocycles. The largest absolute Gasteiger partial charge is 0.346 e. The maximum Gasteiger partial charge on any atom is 0.232 e. The van der Waals surface area contributed by atoms with Gasteiger partial charge >= 0.3 is 0 Å². The van der Waals surface area contributed by atoms with Crippen molar-refractivity contribution >= 4 is 39.4 Å². The maximum absolute atomic E-state index is 13.4. The number of ketones is 1. The highest BCUT2D eigenvalue weighted by atomic mass is 19.1. The minimum Gasteiger partial charge on any atom is -0.346 e. The summed E-state index contributed by atoms with van der Waals surface area (Å²) in [5.74, 6) is -1.99. The molecule has 0 fully saturated rings. The molecule has 0 saturated carbocycles. The lowest BCUT2D eigenvalue weighted by molar-refractivity contribution is -0.131. The number of amides is 1. The molecule has 158 valence electrons. The molecule has 6 heteroatoms. The fraction of sp³-hybridized carbons (Fsp3) is 0.375. The molecule has 2 unspecified atom stereocenters. The number of alkyl halides is 1. The highest BCUT2D eigenvalue weighted by Crippen LogP contribution is 2.30. The third-order valence-corrected chi connectivity index (χ3v) is 5.61. The number of nitrogens with one attached hydrogen (secondary N) is 1. The van der Waals surface area contributed by atoms with Crippen LogP contribution < -0.4 is 5.32 Å². The van der Waals surface area contributed by atoms with Gasteiger partial charge < -0.3 is 5.32 Å². The number of fused-ring (bicyclic) bond motifs is 3. The molecule has 1 aromatic heterocycles. The predicted octanol–water partition coefficient (Wildman–Crippen LogP) is 4.53. The molecule has 1 amide bonds. The van der Waals surface area contributed by atoms with E-state index in [4.69, 9.17) is 0 Å². The van der Waals surface area contributed by atoms with Gasteiger partial charge in [0, 0.05) is 23.1 Å². The monoisotopic (exact) mass is 410 g/mol. The van der Waals surface area contributed by atoms with Crippen LogP contribution in [0.2, 0.25) is 0 Å². The Bertz CT molecular complexity index is 1030. The second-order valence-electron chi connectivity index (χ2n) is 7.89. The minimum atomic E-state index is -1.12. The van der Waals surface area contributed by atoms with Gasteiger partial charge in [-0.1, -0.05) is 57.2 Å². The molecule has 0 aliphatic rings. The van der Waals surface area contributed by atoms with Crippen molar-refractivity contribution in [1.82, 2.24) is 9.88 Å². The fourth-order valence-electron chi connectivity index (χ4n) is 3.88. The Kier molecular flexibility index (Phi) is 6.65. The third-order valence-electron chi connectivity index (χ3n) is 5.61. The van der Waals surface area contributed by atoms with E-state index in [1.165, 1.54) is 0 Å². The SMILES string of the molecule is CCC(NC(=O)C(CC(=O)n1c2ccccc2c2ccccc21)C(C)C)C(=O)CF. The first-order valence-electron chi connectivity index (χ1n) is 10.3. The summed E-state index contributed by atoms with van der Waals surface area (Å²) < 4.78 is 14.4. The molecular weight excluding hydrogens is 383 g/mol. The number of rotatable bonds is 8. The van der Waals surface area contributed by atoms with Crippen LogP contribution in [0.15, 0.2) is 48.5 Å². The van der Waals surface area contributed by atoms with Crippen molar-refractivity contribution in [2.45, 2.75) is 39.7 Å². The number of Topliss-reactive ketones (excluding diaryl/α,β-unsaturated/α-hetero) is 1. The first-order chi connectivity index (χ1) is 14.4. The Morgan fingerprint density at radius 3 is 1.97 bits per heavy atom. The number of nitrogens with zero attached hydrogens (tertiary/aromatic N) is 1. The Morgan fingerprint density at radius 2 is 1.50 bits per heavy atom. The van der Waals surface area contributed by atoms with Crippen molar-refractivity contribution in [1.29, 1.82) is 0 Å². The van der Waals surface area contributed by atoms with Crippen LogP contribution in [0, 0.1) is 11.8 Å². The van der Waals surface area contributed by atoms with Crippen LogP contribution in [0.5, 0.6) is 0 Å². The van der Waals surface area contributed by atoms with Crippen LogP contribution in [0.4, 0.5) is 4.39 Å². The van der Waals surface area contributed by atoms with Crippen molar-refractivity contribution in [3.8, 4) is 0 Å². The normalized spacial score (nSPS) is 13.5. The van der Waals surface area contributed by atoms with Gasteiger partial charge in [-0.2, -0.15) is 0 Å². The maximum atomic E-state index is 13.4. The van der Waals surface area contributed by atoms with E-state index in [9.17, 15) is 18.8 Å². The molecule has 3 aromatic rings. The molecule has 3 rings (SSSR count). The van der Waals surface area contributed by atoms with Crippen LogP contribution in [-0.2, 0) is 9.59 Å². The van der Waals surface area contributed by atoms with Crippen molar-refractivity contribution in [2.24, 2.45) is 11.8 Å². The highest BCUT2D eigenvalue weighted by molar-refractivity contribution is 6.13. The zero-order chi connectivity index (χ0) is 21.8. The highest BCUT2D eigenvalue weighted by Gasteiger charge is 2.30. The van der Waals surface area contributed by atoms with Gasteiger partial charge in [-0.3, -0.25) is 19.0 Å². The van der Waals surface area contributed by atoms with E-state index >= 15 is 0 Å². The van der Waals surface area contributed by atoms with Crippen LogP contribution in [0.3, 0.4) is 0 Å². The van der Waals surface area contributed by atoms with Gasteiger partial charge in [0.2, 0.25) is 11.8 Å². The Hall–Kier alpha value is -3.02. The van der Waals surface area contributed by atoms with Crippen molar-refractivity contribution in [3.05, 3.63) is 48.5 Å². The second kappa shape index (κ2) is 9.20. The molecule has 30 heavy (non-hydrogen) atoms. The second-order valence-corrected chi connectivity index (χ2v) is 7.89. The van der Waals surface area contributed by atoms with E-state index in [0.717, 1.165) is 21.8 Å². The van der Waals surface area contributed by atoms with E-state index in [-0.39, 0.29) is 18.2 Å². The van der Waals surface area contributed by atoms with Gasteiger partial charge in [-0.05, 0) is 24.5 Å².